The van der Waals surface area contributed by atoms with Crippen molar-refractivity contribution in [2.75, 3.05) is 6.61 Å². The monoisotopic (exact) mass is 332 g/mol. The highest BCUT2D eigenvalue weighted by Crippen LogP contribution is 2.74. The van der Waals surface area contributed by atoms with Crippen molar-refractivity contribution in [3.05, 3.63) is 12.2 Å². The van der Waals surface area contributed by atoms with Gasteiger partial charge in [0.05, 0.1) is 12.0 Å². The second-order valence-electron chi connectivity index (χ2n) is 8.63. The van der Waals surface area contributed by atoms with Crippen LogP contribution < -0.4 is 0 Å². The Morgan fingerprint density at radius 2 is 2.00 bits per heavy atom. The number of Topliss-reactive ketones (excluding diaryl/α,β-unsaturated/α-hetero) is 1. The Morgan fingerprint density at radius 1 is 1.25 bits per heavy atom. The highest BCUT2D eigenvalue weighted by atomic mass is 16.7. The van der Waals surface area contributed by atoms with Crippen molar-refractivity contribution in [2.24, 2.45) is 28.1 Å². The van der Waals surface area contributed by atoms with Gasteiger partial charge in [-0.3, -0.25) is 14.4 Å². The molecule has 0 aromatic carbocycles. The zero-order valence-electron chi connectivity index (χ0n) is 13.7. The number of rotatable bonds is 0. The lowest BCUT2D eigenvalue weighted by Gasteiger charge is -2.67. The van der Waals surface area contributed by atoms with E-state index in [-0.39, 0.29) is 30.5 Å². The number of carbonyl (C=O) groups excluding carboxylic acids is 3. The molecule has 2 spiro atoms. The van der Waals surface area contributed by atoms with Crippen LogP contribution in [0.4, 0.5) is 0 Å². The zero-order chi connectivity index (χ0) is 17.1. The molecule has 6 rings (SSSR count). The summed E-state index contributed by atoms with van der Waals surface area (Å²) in [6, 6.07) is 0. The molecule has 0 radical (unpaired) electrons. The van der Waals surface area contributed by atoms with E-state index in [0.29, 0.717) is 12.8 Å². The second-order valence-corrected chi connectivity index (χ2v) is 8.63. The number of hydrogen-bond donors (Lipinski definition) is 1. The number of allylic oxidation sites excluding steroid dienone is 2. The summed E-state index contributed by atoms with van der Waals surface area (Å²) in [4.78, 5) is 38.1. The molecule has 2 saturated carbocycles. The summed E-state index contributed by atoms with van der Waals surface area (Å²) < 4.78 is 11.4. The smallest absolute Gasteiger partial charge is 0.319 e. The summed E-state index contributed by atoms with van der Waals surface area (Å²) >= 11 is 0. The van der Waals surface area contributed by atoms with Crippen LogP contribution in [0.15, 0.2) is 12.2 Å². The van der Waals surface area contributed by atoms with Crippen LogP contribution in [0.2, 0.25) is 0 Å². The van der Waals surface area contributed by atoms with E-state index in [1.807, 2.05) is 19.9 Å². The molecule has 0 amide bonds. The van der Waals surface area contributed by atoms with E-state index in [2.05, 4.69) is 0 Å². The number of carbonyl (C=O) groups is 3. The molecule has 5 fully saturated rings. The first-order valence-electron chi connectivity index (χ1n) is 8.53. The molecule has 0 aromatic rings. The van der Waals surface area contributed by atoms with Gasteiger partial charge in [0.25, 0.3) is 0 Å². The van der Waals surface area contributed by atoms with Gasteiger partial charge >= 0.3 is 5.97 Å². The average molecular weight is 332 g/mol. The minimum atomic E-state index is -1.82. The number of aliphatic hydroxyl groups is 1. The van der Waals surface area contributed by atoms with E-state index in [0.717, 1.165) is 0 Å². The average Bonchev–Trinajstić information content (AvgIpc) is 2.67. The van der Waals surface area contributed by atoms with Crippen LogP contribution in [-0.2, 0) is 23.9 Å². The standard InChI is InChI=1S/C18H20O6/c1-15(2)6-5-11(20)16-8-23-18(22)13(12(15)16)24-14(21)17(18)7-9(19)3-4-10(16)17/h5-6,10,12-13,22H,3-4,7-8H2,1-2H3/t10-,12+,13-,16+,17-,18+/m0/s1. The maximum atomic E-state index is 13.1. The van der Waals surface area contributed by atoms with E-state index >= 15 is 0 Å². The van der Waals surface area contributed by atoms with Crippen molar-refractivity contribution in [2.45, 2.75) is 45.0 Å². The minimum Gasteiger partial charge on any atom is -0.456 e. The van der Waals surface area contributed by atoms with Crippen molar-refractivity contribution >= 4 is 17.5 Å². The van der Waals surface area contributed by atoms with E-state index in [1.165, 1.54) is 0 Å². The highest BCUT2D eigenvalue weighted by Gasteiger charge is 2.87. The third-order valence-corrected chi connectivity index (χ3v) is 7.34. The van der Waals surface area contributed by atoms with Crippen molar-refractivity contribution in [1.82, 2.24) is 0 Å². The first-order valence-corrected chi connectivity index (χ1v) is 8.53. The van der Waals surface area contributed by atoms with Crippen LogP contribution in [0.5, 0.6) is 0 Å². The molecule has 1 N–H and O–H groups in total. The van der Waals surface area contributed by atoms with Crippen molar-refractivity contribution < 1.29 is 29.0 Å². The first-order chi connectivity index (χ1) is 11.2. The van der Waals surface area contributed by atoms with Gasteiger partial charge in [-0.1, -0.05) is 19.9 Å². The lowest BCUT2D eigenvalue weighted by atomic mass is 9.38. The van der Waals surface area contributed by atoms with Gasteiger partial charge in [0.2, 0.25) is 5.79 Å². The molecular formula is C18H20O6. The van der Waals surface area contributed by atoms with E-state index in [4.69, 9.17) is 9.47 Å². The van der Waals surface area contributed by atoms with Crippen molar-refractivity contribution in [1.29, 1.82) is 0 Å². The quantitative estimate of drug-likeness (QED) is 0.659. The van der Waals surface area contributed by atoms with Crippen molar-refractivity contribution in [3.8, 4) is 0 Å². The largest absolute Gasteiger partial charge is 0.456 e. The fourth-order valence-electron chi connectivity index (χ4n) is 6.47. The summed E-state index contributed by atoms with van der Waals surface area (Å²) in [6.07, 6.45) is 3.16. The molecule has 0 unspecified atom stereocenters. The Labute approximate surface area is 139 Å². The molecule has 6 aliphatic rings. The van der Waals surface area contributed by atoms with Gasteiger partial charge in [0.1, 0.15) is 11.2 Å². The predicted molar refractivity (Wildman–Crippen MR) is 79.4 cm³/mol. The second kappa shape index (κ2) is 3.83. The molecule has 3 heterocycles. The highest BCUT2D eigenvalue weighted by molar-refractivity contribution is 6.01. The molecule has 128 valence electrons. The summed E-state index contributed by atoms with van der Waals surface area (Å²) in [5.41, 5.74) is -2.76. The lowest BCUT2D eigenvalue weighted by Crippen LogP contribution is -2.80. The summed E-state index contributed by atoms with van der Waals surface area (Å²) in [5, 5.41) is 11.4. The first kappa shape index (κ1) is 14.8. The molecule has 6 heteroatoms. The van der Waals surface area contributed by atoms with E-state index in [9.17, 15) is 19.5 Å². The molecule has 24 heavy (non-hydrogen) atoms. The van der Waals surface area contributed by atoms with Crippen LogP contribution >= 0.6 is 0 Å². The van der Waals surface area contributed by atoms with Crippen LogP contribution in [0, 0.1) is 28.1 Å². The Morgan fingerprint density at radius 3 is 2.75 bits per heavy atom. The fraction of sp³-hybridized carbons (Fsp3) is 0.722. The van der Waals surface area contributed by atoms with Gasteiger partial charge in [-0.25, -0.2) is 0 Å². The molecule has 6 nitrogen and oxygen atoms in total. The van der Waals surface area contributed by atoms with Gasteiger partial charge in [-0.15, -0.1) is 0 Å². The summed E-state index contributed by atoms with van der Waals surface area (Å²) in [7, 11) is 0. The number of ether oxygens (including phenoxy) is 2. The number of fused-ring (bicyclic) bond motifs is 1. The molecule has 4 bridgehead atoms. The molecule has 6 atom stereocenters. The number of esters is 1. The maximum absolute atomic E-state index is 13.1. The molecule has 0 aromatic heterocycles. The number of ketones is 2. The van der Waals surface area contributed by atoms with Gasteiger partial charge < -0.3 is 14.6 Å². The SMILES string of the molecule is CC1(C)C=CC(=O)[C@@]23CO[C@]4(O)[C@@H](OC(=O)[C@@]45CC(=O)CC[C@@H]25)[C@H]13. The Hall–Kier alpha value is -1.53. The molecule has 3 aliphatic carbocycles. The molecular weight excluding hydrogens is 312 g/mol. The van der Waals surface area contributed by atoms with Gasteiger partial charge in [0, 0.05) is 18.8 Å². The van der Waals surface area contributed by atoms with Gasteiger partial charge in [0.15, 0.2) is 11.9 Å². The third kappa shape index (κ3) is 1.20. The van der Waals surface area contributed by atoms with E-state index in [1.54, 1.807) is 6.08 Å². The Kier molecular flexibility index (Phi) is 2.36. The fourth-order valence-corrected chi connectivity index (χ4v) is 6.47. The van der Waals surface area contributed by atoms with E-state index < -0.39 is 40.0 Å². The predicted octanol–water partition coefficient (Wildman–Crippen LogP) is 0.767. The minimum absolute atomic E-state index is 0.0689. The van der Waals surface area contributed by atoms with Crippen LogP contribution in [0.1, 0.15) is 33.1 Å². The maximum Gasteiger partial charge on any atom is 0.319 e. The van der Waals surface area contributed by atoms with Gasteiger partial charge in [-0.05, 0) is 23.8 Å². The zero-order valence-corrected chi connectivity index (χ0v) is 13.7. The topological polar surface area (TPSA) is 89.9 Å². The van der Waals surface area contributed by atoms with Crippen LogP contribution in [-0.4, -0.2) is 41.1 Å². The van der Waals surface area contributed by atoms with Crippen LogP contribution in [0.25, 0.3) is 0 Å². The van der Waals surface area contributed by atoms with Gasteiger partial charge in [-0.2, -0.15) is 0 Å². The third-order valence-electron chi connectivity index (χ3n) is 7.34. The molecule has 3 aliphatic heterocycles. The van der Waals surface area contributed by atoms with Crippen LogP contribution in [0.3, 0.4) is 0 Å². The molecule has 3 saturated heterocycles. The Balaban J connectivity index is 1.84. The number of hydrogen-bond acceptors (Lipinski definition) is 6. The Bertz CT molecular complexity index is 738. The normalized spacial score (nSPS) is 53.6. The van der Waals surface area contributed by atoms with Crippen molar-refractivity contribution in [3.63, 3.8) is 0 Å². The lowest BCUT2D eigenvalue weighted by molar-refractivity contribution is -0.391. The summed E-state index contributed by atoms with van der Waals surface area (Å²) in [6.45, 7) is 4.07. The summed E-state index contributed by atoms with van der Waals surface area (Å²) in [5.74, 6) is -3.32.